The lowest BCUT2D eigenvalue weighted by Crippen LogP contribution is -2.47. The maximum absolute atomic E-state index is 6.12. The van der Waals surface area contributed by atoms with Crippen LogP contribution >= 0.6 is 23.2 Å². The van der Waals surface area contributed by atoms with Crippen molar-refractivity contribution in [3.05, 3.63) is 28.2 Å². The molecule has 20 heavy (non-hydrogen) atoms. The van der Waals surface area contributed by atoms with Crippen LogP contribution in [0, 0.1) is 5.92 Å². The summed E-state index contributed by atoms with van der Waals surface area (Å²) in [6.45, 7) is 5.86. The van der Waals surface area contributed by atoms with E-state index in [4.69, 9.17) is 33.7 Å². The van der Waals surface area contributed by atoms with E-state index in [0.29, 0.717) is 34.4 Å². The fourth-order valence-corrected chi connectivity index (χ4v) is 3.10. The number of rotatable bonds is 5. The molecule has 112 valence electrons. The van der Waals surface area contributed by atoms with Crippen LogP contribution in [0.2, 0.25) is 10.0 Å². The minimum absolute atomic E-state index is 0.350. The summed E-state index contributed by atoms with van der Waals surface area (Å²) in [5.74, 6) is 1.29. The maximum Gasteiger partial charge on any atom is 0.138 e. The first-order chi connectivity index (χ1) is 9.60. The molecule has 1 saturated heterocycles. The van der Waals surface area contributed by atoms with Crippen molar-refractivity contribution in [2.45, 2.75) is 25.8 Å². The third-order valence-corrected chi connectivity index (χ3v) is 4.49. The molecule has 2 atom stereocenters. The molecule has 1 heterocycles. The van der Waals surface area contributed by atoms with Crippen LogP contribution in [0.1, 0.15) is 19.8 Å². The molecule has 2 rings (SSSR count). The number of hydrogen-bond donors (Lipinski definition) is 1. The maximum atomic E-state index is 6.12. The van der Waals surface area contributed by atoms with Gasteiger partial charge in [0.15, 0.2) is 0 Å². The zero-order valence-electron chi connectivity index (χ0n) is 11.8. The van der Waals surface area contributed by atoms with Crippen molar-refractivity contribution in [2.75, 3.05) is 26.2 Å². The van der Waals surface area contributed by atoms with Crippen LogP contribution < -0.4 is 10.5 Å². The minimum atomic E-state index is 0.350. The van der Waals surface area contributed by atoms with E-state index in [1.165, 1.54) is 0 Å². The molecule has 1 aliphatic heterocycles. The fraction of sp³-hybridized carbons (Fsp3) is 0.600. The molecule has 0 aromatic heterocycles. The molecule has 0 amide bonds. The second-order valence-electron chi connectivity index (χ2n) is 5.34. The van der Waals surface area contributed by atoms with Crippen molar-refractivity contribution in [3.8, 4) is 5.75 Å². The van der Waals surface area contributed by atoms with Crippen LogP contribution in [-0.2, 0) is 0 Å². The summed E-state index contributed by atoms with van der Waals surface area (Å²) >= 11 is 11.9. The molecule has 1 fully saturated rings. The SMILES string of the molecule is CCC1CN(CCOc2ccc(Cl)cc2Cl)CCC1N. The second kappa shape index (κ2) is 7.51. The van der Waals surface area contributed by atoms with Crippen LogP contribution in [0.25, 0.3) is 0 Å². The van der Waals surface area contributed by atoms with Gasteiger partial charge in [0.25, 0.3) is 0 Å². The van der Waals surface area contributed by atoms with E-state index in [1.807, 2.05) is 6.07 Å². The van der Waals surface area contributed by atoms with Gasteiger partial charge in [0.2, 0.25) is 0 Å². The molecule has 1 aromatic rings. The summed E-state index contributed by atoms with van der Waals surface area (Å²) in [5, 5.41) is 1.18. The van der Waals surface area contributed by atoms with Crippen LogP contribution in [0.15, 0.2) is 18.2 Å². The fourth-order valence-electron chi connectivity index (χ4n) is 2.64. The normalized spacial score (nSPS) is 23.8. The second-order valence-corrected chi connectivity index (χ2v) is 6.19. The Hall–Kier alpha value is -0.480. The lowest BCUT2D eigenvalue weighted by molar-refractivity contribution is 0.130. The highest BCUT2D eigenvalue weighted by molar-refractivity contribution is 6.35. The molecule has 0 aliphatic carbocycles. The third kappa shape index (κ3) is 4.26. The van der Waals surface area contributed by atoms with E-state index in [-0.39, 0.29) is 0 Å². The van der Waals surface area contributed by atoms with Gasteiger partial charge in [-0.2, -0.15) is 0 Å². The molecule has 5 heteroatoms. The van der Waals surface area contributed by atoms with Gasteiger partial charge in [-0.1, -0.05) is 36.5 Å². The van der Waals surface area contributed by atoms with E-state index in [2.05, 4.69) is 11.8 Å². The highest BCUT2D eigenvalue weighted by Gasteiger charge is 2.24. The standard InChI is InChI=1S/C15H22Cl2N2O/c1-2-11-10-19(6-5-14(11)18)7-8-20-15-4-3-12(16)9-13(15)17/h3-4,9,11,14H,2,5-8,10,18H2,1H3. The average Bonchev–Trinajstić information content (AvgIpc) is 2.43. The number of nitrogens with zero attached hydrogens (tertiary/aromatic N) is 1. The monoisotopic (exact) mass is 316 g/mol. The van der Waals surface area contributed by atoms with Gasteiger partial charge in [-0.15, -0.1) is 0 Å². The van der Waals surface area contributed by atoms with Crippen LogP contribution in [0.3, 0.4) is 0 Å². The highest BCUT2D eigenvalue weighted by atomic mass is 35.5. The van der Waals surface area contributed by atoms with Crippen molar-refractivity contribution in [2.24, 2.45) is 11.7 Å². The van der Waals surface area contributed by atoms with E-state index < -0.39 is 0 Å². The molecule has 0 spiro atoms. The number of hydrogen-bond acceptors (Lipinski definition) is 3. The van der Waals surface area contributed by atoms with Gasteiger partial charge >= 0.3 is 0 Å². The van der Waals surface area contributed by atoms with Gasteiger partial charge in [0.05, 0.1) is 5.02 Å². The van der Waals surface area contributed by atoms with Gasteiger partial charge in [0.1, 0.15) is 12.4 Å². The Bertz CT molecular complexity index is 442. The Balaban J connectivity index is 1.78. The number of nitrogens with two attached hydrogens (primary N) is 1. The third-order valence-electron chi connectivity index (χ3n) is 3.96. The highest BCUT2D eigenvalue weighted by Crippen LogP contribution is 2.27. The van der Waals surface area contributed by atoms with Crippen molar-refractivity contribution >= 4 is 23.2 Å². The molecular weight excluding hydrogens is 295 g/mol. The number of benzene rings is 1. The molecule has 1 aromatic carbocycles. The van der Waals surface area contributed by atoms with Gasteiger partial charge in [0, 0.05) is 24.2 Å². The van der Waals surface area contributed by atoms with Crippen LogP contribution in [0.4, 0.5) is 0 Å². The molecule has 0 radical (unpaired) electrons. The Kier molecular flexibility index (Phi) is 5.97. The van der Waals surface area contributed by atoms with Crippen molar-refractivity contribution in [3.63, 3.8) is 0 Å². The summed E-state index contributed by atoms with van der Waals surface area (Å²) in [5.41, 5.74) is 6.12. The van der Waals surface area contributed by atoms with Gasteiger partial charge < -0.3 is 10.5 Å². The van der Waals surface area contributed by atoms with Gasteiger partial charge in [-0.05, 0) is 37.1 Å². The first-order valence-electron chi connectivity index (χ1n) is 7.16. The zero-order valence-corrected chi connectivity index (χ0v) is 13.3. The predicted molar refractivity (Wildman–Crippen MR) is 84.8 cm³/mol. The molecule has 1 aliphatic rings. The largest absolute Gasteiger partial charge is 0.491 e. The lowest BCUT2D eigenvalue weighted by atomic mass is 9.91. The minimum Gasteiger partial charge on any atom is -0.491 e. The molecular formula is C15H22Cl2N2O. The van der Waals surface area contributed by atoms with Crippen molar-refractivity contribution in [1.29, 1.82) is 0 Å². The molecule has 2 unspecified atom stereocenters. The van der Waals surface area contributed by atoms with Gasteiger partial charge in [-0.25, -0.2) is 0 Å². The van der Waals surface area contributed by atoms with Crippen molar-refractivity contribution in [1.82, 2.24) is 4.90 Å². The van der Waals surface area contributed by atoms with E-state index >= 15 is 0 Å². The van der Waals surface area contributed by atoms with Crippen molar-refractivity contribution < 1.29 is 4.74 Å². The Labute approximate surface area is 131 Å². The Morgan fingerprint density at radius 3 is 2.90 bits per heavy atom. The first kappa shape index (κ1) is 15.9. The first-order valence-corrected chi connectivity index (χ1v) is 7.91. The Morgan fingerprint density at radius 2 is 2.20 bits per heavy atom. The lowest BCUT2D eigenvalue weighted by Gasteiger charge is -2.36. The topological polar surface area (TPSA) is 38.5 Å². The molecule has 0 saturated carbocycles. The zero-order chi connectivity index (χ0) is 14.5. The quantitative estimate of drug-likeness (QED) is 0.904. The molecule has 0 bridgehead atoms. The number of ether oxygens (including phenoxy) is 1. The summed E-state index contributed by atoms with van der Waals surface area (Å²) in [6.07, 6.45) is 2.21. The van der Waals surface area contributed by atoms with Crippen LogP contribution in [-0.4, -0.2) is 37.2 Å². The molecule has 3 nitrogen and oxygen atoms in total. The summed E-state index contributed by atoms with van der Waals surface area (Å²) < 4.78 is 5.73. The Morgan fingerprint density at radius 1 is 1.40 bits per heavy atom. The average molecular weight is 317 g/mol. The number of halogens is 2. The number of likely N-dealkylation sites (tertiary alicyclic amines) is 1. The summed E-state index contributed by atoms with van der Waals surface area (Å²) in [6, 6.07) is 5.65. The van der Waals surface area contributed by atoms with E-state index in [9.17, 15) is 0 Å². The van der Waals surface area contributed by atoms with Gasteiger partial charge in [-0.3, -0.25) is 4.90 Å². The van der Waals surface area contributed by atoms with E-state index in [0.717, 1.165) is 32.5 Å². The summed E-state index contributed by atoms with van der Waals surface area (Å²) in [4.78, 5) is 2.42. The molecule has 2 N–H and O–H groups in total. The van der Waals surface area contributed by atoms with Crippen LogP contribution in [0.5, 0.6) is 5.75 Å². The van der Waals surface area contributed by atoms with E-state index in [1.54, 1.807) is 12.1 Å². The smallest absolute Gasteiger partial charge is 0.138 e. The predicted octanol–water partition coefficient (Wildman–Crippen LogP) is 3.43. The number of piperidine rings is 1. The summed E-state index contributed by atoms with van der Waals surface area (Å²) in [7, 11) is 0.